The summed E-state index contributed by atoms with van der Waals surface area (Å²) in [5.74, 6) is -1.08. The van der Waals surface area contributed by atoms with Crippen LogP contribution in [0.15, 0.2) is 36.0 Å². The third kappa shape index (κ3) is 4.39. The first-order valence-corrected chi connectivity index (χ1v) is 9.84. The normalized spacial score (nSPS) is 44.2. The van der Waals surface area contributed by atoms with Crippen molar-refractivity contribution in [3.8, 4) is 0 Å². The summed E-state index contributed by atoms with van der Waals surface area (Å²) in [7, 11) is 0. The molecule has 2 heterocycles. The van der Waals surface area contributed by atoms with Gasteiger partial charge in [0.15, 0.2) is 0 Å². The van der Waals surface area contributed by atoms with Crippen LogP contribution < -0.4 is 0 Å². The van der Waals surface area contributed by atoms with Crippen LogP contribution in [0.5, 0.6) is 0 Å². The van der Waals surface area contributed by atoms with E-state index >= 15 is 0 Å². The van der Waals surface area contributed by atoms with Gasteiger partial charge in [0.1, 0.15) is 17.8 Å². The monoisotopic (exact) mass is 390 g/mol. The maximum absolute atomic E-state index is 12.1. The quantitative estimate of drug-likeness (QED) is 0.321. The molecule has 1 N–H and O–H groups in total. The lowest BCUT2D eigenvalue weighted by Crippen LogP contribution is -2.37. The third-order valence-electron chi connectivity index (χ3n) is 6.02. The molecule has 2 saturated heterocycles. The van der Waals surface area contributed by atoms with Gasteiger partial charge in [0, 0.05) is 18.4 Å². The molecule has 0 amide bonds. The molecule has 3 rings (SSSR count). The van der Waals surface area contributed by atoms with Gasteiger partial charge in [-0.25, -0.2) is 4.79 Å². The van der Waals surface area contributed by atoms with E-state index in [2.05, 4.69) is 6.58 Å². The van der Waals surface area contributed by atoms with Crippen LogP contribution >= 0.6 is 0 Å². The maximum atomic E-state index is 12.1. The van der Waals surface area contributed by atoms with Crippen LogP contribution in [0.4, 0.5) is 0 Å². The van der Waals surface area contributed by atoms with Gasteiger partial charge in [0.25, 0.3) is 0 Å². The molecular weight excluding hydrogens is 360 g/mol. The molecular formula is C22H30O6. The van der Waals surface area contributed by atoms with Crippen LogP contribution in [0.2, 0.25) is 0 Å². The van der Waals surface area contributed by atoms with Crippen molar-refractivity contribution in [1.82, 2.24) is 0 Å². The Morgan fingerprint density at radius 2 is 2.11 bits per heavy atom. The molecule has 0 saturated carbocycles. The van der Waals surface area contributed by atoms with Crippen molar-refractivity contribution in [3.63, 3.8) is 0 Å². The predicted octanol–water partition coefficient (Wildman–Crippen LogP) is 3.00. The molecule has 0 radical (unpaired) electrons. The summed E-state index contributed by atoms with van der Waals surface area (Å²) in [5.41, 5.74) is -0.162. The van der Waals surface area contributed by atoms with Gasteiger partial charge < -0.3 is 19.3 Å². The van der Waals surface area contributed by atoms with E-state index in [9.17, 15) is 14.7 Å². The van der Waals surface area contributed by atoms with Gasteiger partial charge >= 0.3 is 11.9 Å². The Morgan fingerprint density at radius 3 is 2.79 bits per heavy atom. The summed E-state index contributed by atoms with van der Waals surface area (Å²) < 4.78 is 17.1. The van der Waals surface area contributed by atoms with Gasteiger partial charge in [-0.3, -0.25) is 4.79 Å². The Bertz CT molecular complexity index is 733. The number of fused-ring (bicyclic) bond motifs is 2. The summed E-state index contributed by atoms with van der Waals surface area (Å²) in [6.07, 6.45) is 6.80. The van der Waals surface area contributed by atoms with Crippen LogP contribution in [0.25, 0.3) is 0 Å². The summed E-state index contributed by atoms with van der Waals surface area (Å²) >= 11 is 0. The van der Waals surface area contributed by atoms with E-state index in [0.29, 0.717) is 31.3 Å². The number of rotatable bonds is 1. The molecule has 154 valence electrons. The molecule has 0 bridgehead atoms. The number of carbonyl (C=O) groups is 2. The number of allylic oxidation sites excluding steroid dienone is 2. The van der Waals surface area contributed by atoms with Crippen molar-refractivity contribution in [1.29, 1.82) is 0 Å². The average molecular weight is 390 g/mol. The Hall–Kier alpha value is -1.92. The van der Waals surface area contributed by atoms with E-state index in [0.717, 1.165) is 5.57 Å². The largest absolute Gasteiger partial charge is 0.459 e. The van der Waals surface area contributed by atoms with Crippen LogP contribution in [0, 0.1) is 5.92 Å². The van der Waals surface area contributed by atoms with E-state index in [4.69, 9.17) is 14.2 Å². The number of carbonyl (C=O) groups excluding carboxylic acids is 2. The van der Waals surface area contributed by atoms with Gasteiger partial charge in [0.2, 0.25) is 0 Å². The number of hydrogen-bond acceptors (Lipinski definition) is 6. The smallest absolute Gasteiger partial charge is 0.334 e. The molecule has 0 unspecified atom stereocenters. The van der Waals surface area contributed by atoms with Crippen molar-refractivity contribution in [2.45, 2.75) is 82.9 Å². The van der Waals surface area contributed by atoms with Gasteiger partial charge in [-0.05, 0) is 52.5 Å². The molecule has 6 heteroatoms. The molecule has 2 fully saturated rings. The first kappa shape index (κ1) is 20.8. The Balaban J connectivity index is 1.93. The first-order valence-electron chi connectivity index (χ1n) is 9.84. The summed E-state index contributed by atoms with van der Waals surface area (Å²) in [6.45, 7) is 10.9. The highest BCUT2D eigenvalue weighted by Crippen LogP contribution is 2.47. The summed E-state index contributed by atoms with van der Waals surface area (Å²) in [4.78, 5) is 23.9. The van der Waals surface area contributed by atoms with E-state index < -0.39 is 35.3 Å². The van der Waals surface area contributed by atoms with Gasteiger partial charge in [-0.1, -0.05) is 24.3 Å². The fourth-order valence-electron chi connectivity index (χ4n) is 4.14. The summed E-state index contributed by atoms with van der Waals surface area (Å²) in [5, 5.41) is 10.6. The second kappa shape index (κ2) is 7.48. The fraction of sp³-hybridized carbons (Fsp3) is 0.636. The minimum Gasteiger partial charge on any atom is -0.459 e. The minimum absolute atomic E-state index is 0.123. The molecule has 28 heavy (non-hydrogen) atoms. The van der Waals surface area contributed by atoms with Crippen molar-refractivity contribution in [2.24, 2.45) is 5.92 Å². The highest BCUT2D eigenvalue weighted by molar-refractivity contribution is 5.91. The molecule has 6 atom stereocenters. The van der Waals surface area contributed by atoms with E-state index in [1.807, 2.05) is 26.0 Å². The number of ether oxygens (including phenoxy) is 3. The number of hydrogen-bond donors (Lipinski definition) is 1. The van der Waals surface area contributed by atoms with Gasteiger partial charge in [-0.2, -0.15) is 0 Å². The molecule has 3 aliphatic rings. The van der Waals surface area contributed by atoms with E-state index in [1.54, 1.807) is 13.0 Å². The highest BCUT2D eigenvalue weighted by atomic mass is 16.6. The molecule has 0 aromatic heterocycles. The lowest BCUT2D eigenvalue weighted by Gasteiger charge is -2.26. The molecule has 0 aromatic carbocycles. The van der Waals surface area contributed by atoms with Crippen LogP contribution in [-0.2, 0) is 23.8 Å². The Kier molecular flexibility index (Phi) is 5.56. The highest BCUT2D eigenvalue weighted by Gasteiger charge is 2.60. The molecule has 2 aliphatic heterocycles. The van der Waals surface area contributed by atoms with Crippen molar-refractivity contribution in [3.05, 3.63) is 36.0 Å². The first-order chi connectivity index (χ1) is 13.0. The predicted molar refractivity (Wildman–Crippen MR) is 103 cm³/mol. The van der Waals surface area contributed by atoms with Gasteiger partial charge in [0.05, 0.1) is 11.7 Å². The molecule has 1 aliphatic carbocycles. The standard InChI is InChI=1S/C22H30O6/c1-13-7-6-9-21(4,25)10-8-18-22(5,28-18)19(26-15(3)23)12-16-14(2)20(24)27-17(16)11-13/h6,9,11,16-19,25H,2,7-8,10,12H2,1,3-5H3/b9-6+,13-11+/t16-,17-,18+,19+,21+,22-/m0/s1. The second-order valence-electron chi connectivity index (χ2n) is 8.64. The zero-order valence-electron chi connectivity index (χ0n) is 17.1. The van der Waals surface area contributed by atoms with Crippen molar-refractivity contribution < 1.29 is 28.9 Å². The number of esters is 2. The molecule has 0 aromatic rings. The average Bonchev–Trinajstić information content (AvgIpc) is 3.18. The van der Waals surface area contributed by atoms with E-state index in [-0.39, 0.29) is 12.0 Å². The summed E-state index contributed by atoms with van der Waals surface area (Å²) in [6, 6.07) is 0. The topological polar surface area (TPSA) is 85.4 Å². The third-order valence-corrected chi connectivity index (χ3v) is 6.02. The van der Waals surface area contributed by atoms with Crippen LogP contribution in [0.1, 0.15) is 53.4 Å². The van der Waals surface area contributed by atoms with Crippen LogP contribution in [-0.4, -0.2) is 46.6 Å². The minimum atomic E-state index is -0.940. The maximum Gasteiger partial charge on any atom is 0.334 e. The Labute approximate surface area is 166 Å². The second-order valence-corrected chi connectivity index (χ2v) is 8.64. The zero-order valence-corrected chi connectivity index (χ0v) is 17.1. The van der Waals surface area contributed by atoms with Crippen molar-refractivity contribution >= 4 is 11.9 Å². The molecule has 6 nitrogen and oxygen atoms in total. The van der Waals surface area contributed by atoms with Crippen molar-refractivity contribution in [2.75, 3.05) is 0 Å². The lowest BCUT2D eigenvalue weighted by atomic mass is 9.83. The fourth-order valence-corrected chi connectivity index (χ4v) is 4.14. The lowest BCUT2D eigenvalue weighted by molar-refractivity contribution is -0.151. The van der Waals surface area contributed by atoms with Gasteiger partial charge in [-0.15, -0.1) is 0 Å². The zero-order chi connectivity index (χ0) is 20.7. The number of epoxide rings is 1. The van der Waals surface area contributed by atoms with E-state index in [1.165, 1.54) is 6.92 Å². The number of aliphatic hydroxyl groups is 1. The Morgan fingerprint density at radius 1 is 1.39 bits per heavy atom. The SMILES string of the molecule is C=C1C(=O)O[C@H]2/C=C(\C)C/C=C/[C@@](C)(O)CC[C@H]3O[C@]3(C)[C@H](OC(C)=O)C[C@@H]12. The molecule has 0 spiro atoms. The van der Waals surface area contributed by atoms with Crippen LogP contribution in [0.3, 0.4) is 0 Å².